The van der Waals surface area contributed by atoms with Gasteiger partial charge in [0.25, 0.3) is 0 Å². The minimum Gasteiger partial charge on any atom is -0.497 e. The highest BCUT2D eigenvalue weighted by molar-refractivity contribution is 8.00. The SMILES string of the molecule is COc1ccc(C(=O)C(C)Sc2n[nH]c(-c3ccc(OC)cc3)n2)cc1. The van der Waals surface area contributed by atoms with Crippen molar-refractivity contribution in [1.82, 2.24) is 15.2 Å². The van der Waals surface area contributed by atoms with Crippen LogP contribution in [-0.4, -0.2) is 40.4 Å². The van der Waals surface area contributed by atoms with Gasteiger partial charge in [-0.3, -0.25) is 9.89 Å². The van der Waals surface area contributed by atoms with Gasteiger partial charge in [0.1, 0.15) is 11.5 Å². The molecule has 0 aliphatic heterocycles. The van der Waals surface area contributed by atoms with Crippen LogP contribution < -0.4 is 9.47 Å². The van der Waals surface area contributed by atoms with Crippen LogP contribution >= 0.6 is 11.8 Å². The van der Waals surface area contributed by atoms with E-state index < -0.39 is 0 Å². The lowest BCUT2D eigenvalue weighted by Crippen LogP contribution is -2.13. The van der Waals surface area contributed by atoms with Gasteiger partial charge in [-0.25, -0.2) is 4.98 Å². The van der Waals surface area contributed by atoms with Crippen molar-refractivity contribution < 1.29 is 14.3 Å². The number of rotatable bonds is 7. The first-order valence-corrected chi connectivity index (χ1v) is 8.90. The number of aromatic nitrogens is 3. The predicted molar refractivity (Wildman–Crippen MR) is 101 cm³/mol. The normalized spacial score (nSPS) is 11.8. The molecule has 1 N–H and O–H groups in total. The molecule has 1 heterocycles. The third kappa shape index (κ3) is 4.05. The molecule has 3 rings (SSSR count). The number of thioether (sulfide) groups is 1. The first-order chi connectivity index (χ1) is 12.6. The Kier molecular flexibility index (Phi) is 5.58. The second-order valence-corrected chi connectivity index (χ2v) is 6.86. The van der Waals surface area contributed by atoms with Crippen LogP contribution in [0, 0.1) is 0 Å². The zero-order valence-corrected chi connectivity index (χ0v) is 15.5. The predicted octanol–water partition coefficient (Wildman–Crippen LogP) is 3.85. The summed E-state index contributed by atoms with van der Waals surface area (Å²) in [6.07, 6.45) is 0. The zero-order valence-electron chi connectivity index (χ0n) is 14.7. The van der Waals surface area contributed by atoms with Gasteiger partial charge in [0.2, 0.25) is 5.16 Å². The average molecular weight is 369 g/mol. The van der Waals surface area contributed by atoms with E-state index in [2.05, 4.69) is 15.2 Å². The van der Waals surface area contributed by atoms with E-state index in [0.29, 0.717) is 16.5 Å². The Morgan fingerprint density at radius 2 is 1.58 bits per heavy atom. The van der Waals surface area contributed by atoms with Crippen LogP contribution in [0.2, 0.25) is 0 Å². The summed E-state index contributed by atoms with van der Waals surface area (Å²) in [6.45, 7) is 1.85. The van der Waals surface area contributed by atoms with E-state index in [4.69, 9.17) is 9.47 Å². The highest BCUT2D eigenvalue weighted by Crippen LogP contribution is 2.26. The third-order valence-electron chi connectivity index (χ3n) is 3.85. The molecule has 1 unspecified atom stereocenters. The van der Waals surface area contributed by atoms with E-state index in [1.54, 1.807) is 38.5 Å². The van der Waals surface area contributed by atoms with Crippen molar-refractivity contribution in [3.63, 3.8) is 0 Å². The molecular weight excluding hydrogens is 350 g/mol. The molecule has 0 saturated carbocycles. The van der Waals surface area contributed by atoms with Gasteiger partial charge < -0.3 is 9.47 Å². The number of ether oxygens (including phenoxy) is 2. The second kappa shape index (κ2) is 8.05. The van der Waals surface area contributed by atoms with Crippen LogP contribution in [0.25, 0.3) is 11.4 Å². The number of methoxy groups -OCH3 is 2. The fourth-order valence-corrected chi connectivity index (χ4v) is 3.18. The molecule has 7 heteroatoms. The van der Waals surface area contributed by atoms with Crippen molar-refractivity contribution in [3.8, 4) is 22.9 Å². The van der Waals surface area contributed by atoms with Gasteiger partial charge in [0.15, 0.2) is 11.6 Å². The molecule has 0 radical (unpaired) electrons. The number of hydrogen-bond donors (Lipinski definition) is 1. The zero-order chi connectivity index (χ0) is 18.5. The highest BCUT2D eigenvalue weighted by atomic mass is 32.2. The molecule has 26 heavy (non-hydrogen) atoms. The Balaban J connectivity index is 1.68. The number of benzene rings is 2. The molecule has 134 valence electrons. The van der Waals surface area contributed by atoms with Crippen LogP contribution in [0.1, 0.15) is 17.3 Å². The van der Waals surface area contributed by atoms with E-state index in [9.17, 15) is 4.79 Å². The number of H-pyrrole nitrogens is 1. The lowest BCUT2D eigenvalue weighted by Gasteiger charge is -2.08. The molecule has 2 aromatic carbocycles. The maximum absolute atomic E-state index is 12.6. The average Bonchev–Trinajstić information content (AvgIpc) is 3.16. The summed E-state index contributed by atoms with van der Waals surface area (Å²) in [7, 11) is 3.22. The van der Waals surface area contributed by atoms with Crippen molar-refractivity contribution in [2.24, 2.45) is 0 Å². The van der Waals surface area contributed by atoms with E-state index in [1.807, 2.05) is 31.2 Å². The van der Waals surface area contributed by atoms with Gasteiger partial charge in [-0.2, -0.15) is 0 Å². The van der Waals surface area contributed by atoms with Gasteiger partial charge in [0, 0.05) is 11.1 Å². The van der Waals surface area contributed by atoms with Gasteiger partial charge in [-0.1, -0.05) is 11.8 Å². The number of carbonyl (C=O) groups excluding carboxylic acids is 1. The standard InChI is InChI=1S/C19H19N3O3S/c1-12(17(23)13-4-8-15(24-2)9-5-13)26-19-20-18(21-22-19)14-6-10-16(25-3)11-7-14/h4-12H,1-3H3,(H,20,21,22). The summed E-state index contributed by atoms with van der Waals surface area (Å²) < 4.78 is 10.3. The topological polar surface area (TPSA) is 77.1 Å². The maximum Gasteiger partial charge on any atom is 0.209 e. The van der Waals surface area contributed by atoms with Gasteiger partial charge in [-0.05, 0) is 55.5 Å². The maximum atomic E-state index is 12.6. The monoisotopic (exact) mass is 369 g/mol. The van der Waals surface area contributed by atoms with E-state index in [0.717, 1.165) is 17.1 Å². The summed E-state index contributed by atoms with van der Waals surface area (Å²) in [6, 6.07) is 14.6. The van der Waals surface area contributed by atoms with Crippen LogP contribution in [0.15, 0.2) is 53.7 Å². The summed E-state index contributed by atoms with van der Waals surface area (Å²) in [5.41, 5.74) is 1.54. The first-order valence-electron chi connectivity index (χ1n) is 8.02. The highest BCUT2D eigenvalue weighted by Gasteiger charge is 2.19. The summed E-state index contributed by atoms with van der Waals surface area (Å²) >= 11 is 1.32. The van der Waals surface area contributed by atoms with Crippen molar-refractivity contribution >= 4 is 17.5 Å². The largest absolute Gasteiger partial charge is 0.497 e. The number of hydrogen-bond acceptors (Lipinski definition) is 6. The number of Topliss-reactive ketones (excluding diaryl/α,β-unsaturated/α-hetero) is 1. The van der Waals surface area contributed by atoms with Crippen molar-refractivity contribution in [2.75, 3.05) is 14.2 Å². The molecule has 6 nitrogen and oxygen atoms in total. The Bertz CT molecular complexity index is 876. The number of nitrogens with zero attached hydrogens (tertiary/aromatic N) is 2. The van der Waals surface area contributed by atoms with Crippen molar-refractivity contribution in [3.05, 3.63) is 54.1 Å². The molecule has 0 saturated heterocycles. The van der Waals surface area contributed by atoms with Crippen LogP contribution in [0.4, 0.5) is 0 Å². The number of nitrogens with one attached hydrogen (secondary N) is 1. The van der Waals surface area contributed by atoms with E-state index >= 15 is 0 Å². The molecule has 0 amide bonds. The van der Waals surface area contributed by atoms with Crippen molar-refractivity contribution in [2.45, 2.75) is 17.3 Å². The van der Waals surface area contributed by atoms with Crippen LogP contribution in [0.3, 0.4) is 0 Å². The molecule has 0 aliphatic carbocycles. The molecule has 1 aromatic heterocycles. The van der Waals surface area contributed by atoms with Gasteiger partial charge in [0.05, 0.1) is 19.5 Å². The number of aromatic amines is 1. The molecule has 0 aliphatic rings. The second-order valence-electron chi connectivity index (χ2n) is 5.55. The van der Waals surface area contributed by atoms with E-state index in [-0.39, 0.29) is 11.0 Å². The van der Waals surface area contributed by atoms with Crippen LogP contribution in [0.5, 0.6) is 11.5 Å². The minimum atomic E-state index is -0.303. The number of carbonyl (C=O) groups is 1. The summed E-state index contributed by atoms with van der Waals surface area (Å²) in [5.74, 6) is 2.18. The lowest BCUT2D eigenvalue weighted by molar-refractivity contribution is 0.0994. The first kappa shape index (κ1) is 18.0. The number of ketones is 1. The molecule has 1 atom stereocenters. The molecular formula is C19H19N3O3S. The summed E-state index contributed by atoms with van der Waals surface area (Å²) in [5, 5.41) is 7.34. The summed E-state index contributed by atoms with van der Waals surface area (Å²) in [4.78, 5) is 17.0. The molecule has 0 bridgehead atoms. The minimum absolute atomic E-state index is 0.0217. The Morgan fingerprint density at radius 3 is 2.15 bits per heavy atom. The third-order valence-corrected chi connectivity index (χ3v) is 4.82. The fraction of sp³-hybridized carbons (Fsp3) is 0.211. The Labute approximate surface area is 155 Å². The fourth-order valence-electron chi connectivity index (χ4n) is 2.38. The molecule has 0 fully saturated rings. The van der Waals surface area contributed by atoms with Crippen LogP contribution in [-0.2, 0) is 0 Å². The molecule has 0 spiro atoms. The smallest absolute Gasteiger partial charge is 0.209 e. The lowest BCUT2D eigenvalue weighted by atomic mass is 10.1. The van der Waals surface area contributed by atoms with Gasteiger partial charge >= 0.3 is 0 Å². The Hall–Kier alpha value is -2.80. The quantitative estimate of drug-likeness (QED) is 0.503. The van der Waals surface area contributed by atoms with Gasteiger partial charge in [-0.15, -0.1) is 5.10 Å². The van der Waals surface area contributed by atoms with Crippen molar-refractivity contribution in [1.29, 1.82) is 0 Å². The Morgan fingerprint density at radius 1 is 1.00 bits per heavy atom. The van der Waals surface area contributed by atoms with E-state index in [1.165, 1.54) is 11.8 Å². The molecule has 3 aromatic rings.